The van der Waals surface area contributed by atoms with Crippen LogP contribution < -0.4 is 0 Å². The Morgan fingerprint density at radius 1 is 1.50 bits per heavy atom. The molecular formula is C4H4O5S. The van der Waals surface area contributed by atoms with Crippen molar-refractivity contribution in [3.8, 4) is 0 Å². The number of hydrogen-bond donors (Lipinski definition) is 1. The Labute approximate surface area is 57.2 Å². The molecule has 0 saturated heterocycles. The Bertz CT molecular complexity index is 272. The lowest BCUT2D eigenvalue weighted by Crippen LogP contribution is -2.06. The van der Waals surface area contributed by atoms with Crippen LogP contribution in [0, 0.1) is 0 Å². The van der Waals surface area contributed by atoms with Crippen LogP contribution in [0.3, 0.4) is 0 Å². The van der Waals surface area contributed by atoms with Gasteiger partial charge in [-0.1, -0.05) is 0 Å². The molecule has 0 amide bonds. The van der Waals surface area contributed by atoms with Gasteiger partial charge in [-0.2, -0.15) is 8.42 Å². The van der Waals surface area contributed by atoms with Gasteiger partial charge in [0.15, 0.2) is 0 Å². The first kappa shape index (κ1) is 7.10. The molecule has 1 N–H and O–H groups in total. The van der Waals surface area contributed by atoms with Crippen molar-refractivity contribution in [3.63, 3.8) is 0 Å². The summed E-state index contributed by atoms with van der Waals surface area (Å²) >= 11 is 0. The van der Waals surface area contributed by atoms with Crippen LogP contribution in [-0.2, 0) is 19.9 Å². The molecule has 5 nitrogen and oxygen atoms in total. The van der Waals surface area contributed by atoms with Gasteiger partial charge in [0.1, 0.15) is 6.26 Å². The molecule has 1 aliphatic heterocycles. The summed E-state index contributed by atoms with van der Waals surface area (Å²) < 4.78 is 28.8. The minimum atomic E-state index is -4.26. The first-order valence-electron chi connectivity index (χ1n) is 2.28. The van der Waals surface area contributed by atoms with Gasteiger partial charge in [0.05, 0.1) is 0 Å². The van der Waals surface area contributed by atoms with E-state index in [-0.39, 0.29) is 0 Å². The predicted octanol–water partition coefficient (Wildman–Crippen LogP) is 0.191. The normalized spacial score (nSPS) is 17.1. The quantitative estimate of drug-likeness (QED) is 0.442. The summed E-state index contributed by atoms with van der Waals surface area (Å²) in [5, 5.41) is -0.616. The summed E-state index contributed by atoms with van der Waals surface area (Å²) in [6.45, 7) is 0. The third kappa shape index (κ3) is 1.49. The Morgan fingerprint density at radius 3 is 2.50 bits per heavy atom. The maximum Gasteiger partial charge on any atom is 0.332 e. The van der Waals surface area contributed by atoms with Crippen LogP contribution in [0.25, 0.3) is 0 Å². The number of hydrogen-bond acceptors (Lipinski definition) is 4. The second-order valence-corrected chi connectivity index (χ2v) is 2.82. The maximum atomic E-state index is 10.2. The second kappa shape index (κ2) is 2.31. The molecule has 1 rings (SSSR count). The van der Waals surface area contributed by atoms with Crippen LogP contribution in [0.4, 0.5) is 0 Å². The molecular weight excluding hydrogens is 160 g/mol. The average Bonchev–Trinajstić information content (AvgIpc) is 1.88. The number of rotatable bonds is 1. The summed E-state index contributed by atoms with van der Waals surface area (Å²) in [6.07, 6.45) is 3.49. The van der Waals surface area contributed by atoms with Gasteiger partial charge in [-0.25, -0.2) is 0 Å². The molecule has 56 valence electrons. The molecule has 1 heterocycles. The zero-order valence-corrected chi connectivity index (χ0v) is 5.54. The third-order valence-corrected chi connectivity index (χ3v) is 1.46. The van der Waals surface area contributed by atoms with E-state index in [2.05, 4.69) is 9.78 Å². The van der Waals surface area contributed by atoms with E-state index in [4.69, 9.17) is 4.55 Å². The second-order valence-electron chi connectivity index (χ2n) is 1.47. The van der Waals surface area contributed by atoms with Crippen molar-refractivity contribution in [3.05, 3.63) is 23.5 Å². The summed E-state index contributed by atoms with van der Waals surface area (Å²) in [7, 11) is -4.26. The topological polar surface area (TPSA) is 72.8 Å². The van der Waals surface area contributed by atoms with Crippen LogP contribution in [0.2, 0.25) is 0 Å². The highest BCUT2D eigenvalue weighted by atomic mass is 32.2. The number of allylic oxidation sites excluding steroid dienone is 2. The minimum absolute atomic E-state index is 0.616. The van der Waals surface area contributed by atoms with Crippen LogP contribution >= 0.6 is 0 Å². The molecule has 0 saturated carbocycles. The molecule has 0 spiro atoms. The standard InChI is InChI=1S/C4H4O5S/c5-10(6,7)4-2-1-3-8-9-4/h1-3H,(H,5,6,7). The van der Waals surface area contributed by atoms with E-state index in [1.165, 1.54) is 6.08 Å². The molecule has 0 aromatic rings. The molecule has 0 unspecified atom stereocenters. The van der Waals surface area contributed by atoms with Gasteiger partial charge in [0.25, 0.3) is 5.09 Å². The highest BCUT2D eigenvalue weighted by Crippen LogP contribution is 2.10. The van der Waals surface area contributed by atoms with Crippen molar-refractivity contribution in [2.24, 2.45) is 0 Å². The van der Waals surface area contributed by atoms with Crippen LogP contribution in [0.5, 0.6) is 0 Å². The van der Waals surface area contributed by atoms with Gasteiger partial charge >= 0.3 is 10.1 Å². The Hall–Kier alpha value is -1.01. The monoisotopic (exact) mass is 164 g/mol. The summed E-state index contributed by atoms with van der Waals surface area (Å²) in [5.74, 6) is 0. The van der Waals surface area contributed by atoms with Crippen molar-refractivity contribution in [1.82, 2.24) is 0 Å². The minimum Gasteiger partial charge on any atom is -0.297 e. The van der Waals surface area contributed by atoms with Gasteiger partial charge in [0, 0.05) is 6.08 Å². The van der Waals surface area contributed by atoms with Crippen LogP contribution in [0.1, 0.15) is 0 Å². The molecule has 0 aromatic heterocycles. The van der Waals surface area contributed by atoms with Crippen molar-refractivity contribution in [2.75, 3.05) is 0 Å². The first-order valence-corrected chi connectivity index (χ1v) is 3.72. The Morgan fingerprint density at radius 2 is 2.20 bits per heavy atom. The lowest BCUT2D eigenvalue weighted by molar-refractivity contribution is -0.205. The zero-order chi connectivity index (χ0) is 7.61. The first-order chi connectivity index (χ1) is 4.61. The third-order valence-electron chi connectivity index (χ3n) is 0.751. The van der Waals surface area contributed by atoms with Gasteiger partial charge < -0.3 is 0 Å². The van der Waals surface area contributed by atoms with Crippen molar-refractivity contribution < 1.29 is 22.7 Å². The molecule has 0 atom stereocenters. The van der Waals surface area contributed by atoms with Gasteiger partial charge in [-0.05, 0) is 6.08 Å². The summed E-state index contributed by atoms with van der Waals surface area (Å²) in [4.78, 5) is 8.20. The van der Waals surface area contributed by atoms with Crippen LogP contribution in [0.15, 0.2) is 23.5 Å². The van der Waals surface area contributed by atoms with E-state index in [0.29, 0.717) is 0 Å². The van der Waals surface area contributed by atoms with E-state index >= 15 is 0 Å². The Balaban J connectivity index is 2.93. The smallest absolute Gasteiger partial charge is 0.297 e. The largest absolute Gasteiger partial charge is 0.332 e. The van der Waals surface area contributed by atoms with Gasteiger partial charge in [-0.15, -0.1) is 0 Å². The maximum absolute atomic E-state index is 10.2. The van der Waals surface area contributed by atoms with E-state index in [1.807, 2.05) is 0 Å². The van der Waals surface area contributed by atoms with Crippen LogP contribution in [-0.4, -0.2) is 13.0 Å². The van der Waals surface area contributed by atoms with E-state index < -0.39 is 15.2 Å². The molecule has 0 bridgehead atoms. The lowest BCUT2D eigenvalue weighted by atomic mass is 10.6. The fourth-order valence-corrected chi connectivity index (χ4v) is 0.758. The van der Waals surface area contributed by atoms with Crippen molar-refractivity contribution >= 4 is 10.1 Å². The molecule has 6 heteroatoms. The summed E-state index contributed by atoms with van der Waals surface area (Å²) in [5.41, 5.74) is 0. The highest BCUT2D eigenvalue weighted by Gasteiger charge is 2.17. The predicted molar refractivity (Wildman–Crippen MR) is 30.9 cm³/mol. The summed E-state index contributed by atoms with van der Waals surface area (Å²) in [6, 6.07) is 0. The van der Waals surface area contributed by atoms with Crippen molar-refractivity contribution in [1.29, 1.82) is 0 Å². The molecule has 0 aromatic carbocycles. The van der Waals surface area contributed by atoms with E-state index in [9.17, 15) is 8.42 Å². The highest BCUT2D eigenvalue weighted by molar-refractivity contribution is 7.89. The molecule has 0 radical (unpaired) electrons. The molecule has 0 aliphatic carbocycles. The fourth-order valence-electron chi connectivity index (χ4n) is 0.382. The van der Waals surface area contributed by atoms with E-state index in [0.717, 1.165) is 12.3 Å². The lowest BCUT2D eigenvalue weighted by Gasteiger charge is -2.04. The van der Waals surface area contributed by atoms with Gasteiger partial charge in [0.2, 0.25) is 0 Å². The van der Waals surface area contributed by atoms with E-state index in [1.54, 1.807) is 0 Å². The zero-order valence-electron chi connectivity index (χ0n) is 4.72. The fraction of sp³-hybridized carbons (Fsp3) is 0. The Kier molecular flexibility index (Phi) is 1.64. The SMILES string of the molecule is O=S(=O)(O)C1=CC=COO1. The molecule has 0 fully saturated rings. The average molecular weight is 164 g/mol. The molecule has 1 aliphatic rings. The van der Waals surface area contributed by atoms with Gasteiger partial charge in [-0.3, -0.25) is 14.3 Å². The van der Waals surface area contributed by atoms with Crippen molar-refractivity contribution in [2.45, 2.75) is 0 Å². The molecule has 10 heavy (non-hydrogen) atoms.